The van der Waals surface area contributed by atoms with Crippen LogP contribution in [0.3, 0.4) is 0 Å². The number of nitriles is 1. The molecule has 0 aromatic carbocycles. The van der Waals surface area contributed by atoms with Gasteiger partial charge in [0.2, 0.25) is 0 Å². The van der Waals surface area contributed by atoms with E-state index in [1.165, 1.54) is 11.3 Å². The van der Waals surface area contributed by atoms with Crippen molar-refractivity contribution < 1.29 is 4.79 Å². The Balaban J connectivity index is 2.97. The molecule has 1 aromatic rings. The molecular weight excluding hydrogens is 220 g/mol. The van der Waals surface area contributed by atoms with Gasteiger partial charge in [-0.05, 0) is 25.8 Å². The van der Waals surface area contributed by atoms with Crippen molar-refractivity contribution in [2.45, 2.75) is 33.1 Å². The van der Waals surface area contributed by atoms with Crippen LogP contribution in [-0.2, 0) is 4.79 Å². The minimum absolute atomic E-state index is 0.140. The number of thiazole rings is 1. The van der Waals surface area contributed by atoms with E-state index in [4.69, 9.17) is 5.26 Å². The first kappa shape index (κ1) is 12.6. The Kier molecular flexibility index (Phi) is 4.39. The maximum absolute atomic E-state index is 11.9. The maximum atomic E-state index is 11.9. The van der Waals surface area contributed by atoms with Crippen LogP contribution < -0.4 is 0 Å². The van der Waals surface area contributed by atoms with Crippen LogP contribution >= 0.6 is 11.3 Å². The lowest BCUT2D eigenvalue weighted by molar-refractivity contribution is -0.115. The minimum atomic E-state index is -0.749. The second kappa shape index (κ2) is 5.57. The van der Waals surface area contributed by atoms with E-state index in [0.29, 0.717) is 10.6 Å². The van der Waals surface area contributed by atoms with Gasteiger partial charge in [-0.3, -0.25) is 4.79 Å². The van der Waals surface area contributed by atoms with Gasteiger partial charge >= 0.3 is 0 Å². The van der Waals surface area contributed by atoms with Gasteiger partial charge in [-0.25, -0.2) is 4.98 Å². The first-order chi connectivity index (χ1) is 7.60. The lowest BCUT2D eigenvalue weighted by Crippen LogP contribution is -2.11. The summed E-state index contributed by atoms with van der Waals surface area (Å²) in [5.41, 5.74) is 1.49. The van der Waals surface area contributed by atoms with Crippen LogP contribution in [0, 0.1) is 18.3 Å². The first-order valence-electron chi connectivity index (χ1n) is 5.12. The number of hydrogen-bond donors (Lipinski definition) is 0. The van der Waals surface area contributed by atoms with Crippen LogP contribution in [0.15, 0.2) is 17.0 Å². The summed E-state index contributed by atoms with van der Waals surface area (Å²) < 4.78 is 0. The zero-order valence-corrected chi connectivity index (χ0v) is 10.5. The number of aromatic nitrogens is 1. The first-order valence-corrected chi connectivity index (χ1v) is 6.00. The van der Waals surface area contributed by atoms with Crippen molar-refractivity contribution in [2.24, 2.45) is 0 Å². The number of Topliss-reactive ketones (excluding diaryl/α,β-unsaturated/α-hetero) is 1. The third-order valence-corrected chi connectivity index (χ3v) is 3.20. The predicted molar refractivity (Wildman–Crippen MR) is 64.3 cm³/mol. The molecule has 1 heterocycles. The summed E-state index contributed by atoms with van der Waals surface area (Å²) in [6, 6.07) is 2.03. The van der Waals surface area contributed by atoms with Gasteiger partial charge in [0.15, 0.2) is 11.7 Å². The summed E-state index contributed by atoms with van der Waals surface area (Å²) in [5, 5.41) is 11.5. The summed E-state index contributed by atoms with van der Waals surface area (Å²) in [6.45, 7) is 5.57. The Labute approximate surface area is 99.4 Å². The Morgan fingerprint density at radius 3 is 2.88 bits per heavy atom. The normalized spacial score (nSPS) is 13.2. The highest BCUT2D eigenvalue weighted by atomic mass is 32.1. The molecule has 1 rings (SSSR count). The predicted octanol–water partition coefficient (Wildman–Crippen LogP) is 2.98. The van der Waals surface area contributed by atoms with E-state index in [9.17, 15) is 4.79 Å². The molecule has 0 saturated carbocycles. The van der Waals surface area contributed by atoms with E-state index in [-0.39, 0.29) is 5.78 Å². The van der Waals surface area contributed by atoms with Gasteiger partial charge in [0.1, 0.15) is 5.01 Å². The summed E-state index contributed by atoms with van der Waals surface area (Å²) in [7, 11) is 0. The van der Waals surface area contributed by atoms with Crippen LogP contribution in [-0.4, -0.2) is 10.8 Å². The number of allylic oxidation sites excluding steroid dienone is 2. The van der Waals surface area contributed by atoms with Gasteiger partial charge in [-0.2, -0.15) is 5.26 Å². The number of carbonyl (C=O) groups is 1. The molecule has 0 amide bonds. The Morgan fingerprint density at radius 2 is 2.44 bits per heavy atom. The van der Waals surface area contributed by atoms with Crippen LogP contribution in [0.4, 0.5) is 0 Å². The zero-order chi connectivity index (χ0) is 12.1. The molecule has 0 aliphatic rings. The smallest absolute Gasteiger partial charge is 0.182 e. The molecule has 0 spiro atoms. The molecular formula is C12H14N2OS. The maximum Gasteiger partial charge on any atom is 0.182 e. The molecule has 0 N–H and O–H groups in total. The molecule has 0 fully saturated rings. The molecule has 0 bridgehead atoms. The highest BCUT2D eigenvalue weighted by molar-refractivity contribution is 7.10. The minimum Gasteiger partial charge on any atom is -0.293 e. The van der Waals surface area contributed by atoms with E-state index in [0.717, 1.165) is 12.1 Å². The number of ketones is 1. The van der Waals surface area contributed by atoms with E-state index in [2.05, 4.69) is 4.98 Å². The van der Waals surface area contributed by atoms with Gasteiger partial charge < -0.3 is 0 Å². The topological polar surface area (TPSA) is 53.8 Å². The number of nitrogens with zero attached hydrogens (tertiary/aromatic N) is 2. The van der Waals surface area contributed by atoms with Crippen molar-refractivity contribution in [1.29, 1.82) is 5.26 Å². The molecule has 0 radical (unpaired) electrons. The van der Waals surface area contributed by atoms with Crippen molar-refractivity contribution in [1.82, 2.24) is 4.98 Å². The van der Waals surface area contributed by atoms with Crippen molar-refractivity contribution in [3.63, 3.8) is 0 Å². The average Bonchev–Trinajstić information content (AvgIpc) is 2.66. The van der Waals surface area contributed by atoms with Crippen LogP contribution in [0.25, 0.3) is 0 Å². The largest absolute Gasteiger partial charge is 0.293 e. The monoisotopic (exact) mass is 234 g/mol. The highest BCUT2D eigenvalue weighted by Crippen LogP contribution is 2.23. The molecule has 0 saturated heterocycles. The Morgan fingerprint density at radius 1 is 1.75 bits per heavy atom. The van der Waals surface area contributed by atoms with Gasteiger partial charge in [0.05, 0.1) is 6.07 Å². The molecule has 16 heavy (non-hydrogen) atoms. The number of hydrogen-bond acceptors (Lipinski definition) is 4. The van der Waals surface area contributed by atoms with Crippen molar-refractivity contribution >= 4 is 17.1 Å². The summed E-state index contributed by atoms with van der Waals surface area (Å²) >= 11 is 1.36. The molecule has 0 unspecified atom stereocenters. The molecule has 0 aliphatic heterocycles. The third kappa shape index (κ3) is 2.77. The number of carbonyl (C=O) groups excluding carboxylic acids is 1. The van der Waals surface area contributed by atoms with E-state index < -0.39 is 5.92 Å². The number of aryl methyl sites for hydroxylation is 1. The van der Waals surface area contributed by atoms with Gasteiger partial charge in [0, 0.05) is 11.1 Å². The summed E-state index contributed by atoms with van der Waals surface area (Å²) in [5.74, 6) is -0.889. The third-order valence-electron chi connectivity index (χ3n) is 2.17. The molecule has 1 aromatic heterocycles. The van der Waals surface area contributed by atoms with Crippen LogP contribution in [0.5, 0.6) is 0 Å². The van der Waals surface area contributed by atoms with Crippen molar-refractivity contribution in [3.8, 4) is 6.07 Å². The van der Waals surface area contributed by atoms with E-state index in [1.54, 1.807) is 6.92 Å². The van der Waals surface area contributed by atoms with Gasteiger partial charge in [-0.15, -0.1) is 11.3 Å². The summed E-state index contributed by atoms with van der Waals surface area (Å²) in [4.78, 5) is 16.1. The fraction of sp³-hybridized carbons (Fsp3) is 0.417. The van der Waals surface area contributed by atoms with E-state index in [1.807, 2.05) is 31.4 Å². The second-order valence-corrected chi connectivity index (χ2v) is 4.44. The van der Waals surface area contributed by atoms with Gasteiger partial charge in [0.25, 0.3) is 0 Å². The molecule has 3 nitrogen and oxygen atoms in total. The standard InChI is InChI=1S/C12H14N2OS/c1-4-5-8(2)11(15)10(6-13)12-14-9(3)7-16-12/h5,7,10H,4H2,1-3H3/b8-5+/t10-/m0/s1. The average molecular weight is 234 g/mol. The van der Waals surface area contributed by atoms with Crippen molar-refractivity contribution in [2.75, 3.05) is 0 Å². The van der Waals surface area contributed by atoms with Crippen LogP contribution in [0.2, 0.25) is 0 Å². The highest BCUT2D eigenvalue weighted by Gasteiger charge is 2.23. The SMILES string of the molecule is CC/C=C(\C)C(=O)[C@H](C#N)c1nc(C)cs1. The second-order valence-electron chi connectivity index (χ2n) is 3.55. The lowest BCUT2D eigenvalue weighted by atomic mass is 10.00. The lowest BCUT2D eigenvalue weighted by Gasteiger charge is -2.04. The Bertz CT molecular complexity index is 454. The molecule has 1 atom stereocenters. The Hall–Kier alpha value is -1.47. The fourth-order valence-corrected chi connectivity index (χ4v) is 2.20. The van der Waals surface area contributed by atoms with Gasteiger partial charge in [-0.1, -0.05) is 13.0 Å². The summed E-state index contributed by atoms with van der Waals surface area (Å²) in [6.07, 6.45) is 2.64. The van der Waals surface area contributed by atoms with Crippen molar-refractivity contribution in [3.05, 3.63) is 27.7 Å². The zero-order valence-electron chi connectivity index (χ0n) is 9.65. The number of rotatable bonds is 4. The quantitative estimate of drug-likeness (QED) is 0.752. The molecule has 0 aliphatic carbocycles. The molecule has 4 heteroatoms. The molecule has 84 valence electrons. The van der Waals surface area contributed by atoms with Crippen LogP contribution in [0.1, 0.15) is 36.9 Å². The fourth-order valence-electron chi connectivity index (χ4n) is 1.37. The van der Waals surface area contributed by atoms with E-state index >= 15 is 0 Å².